The summed E-state index contributed by atoms with van der Waals surface area (Å²) in [5.74, 6) is 0. The van der Waals surface area contributed by atoms with Crippen LogP contribution in [0.3, 0.4) is 0 Å². The predicted molar refractivity (Wildman–Crippen MR) is 39.3 cm³/mol. The molecule has 0 aliphatic rings. The van der Waals surface area contributed by atoms with Crippen LogP contribution >= 0.6 is 12.6 Å². The highest BCUT2D eigenvalue weighted by atomic mass is 32.1. The third-order valence-corrected chi connectivity index (χ3v) is 1.77. The van der Waals surface area contributed by atoms with Crippen LogP contribution in [-0.4, -0.2) is 40.9 Å². The summed E-state index contributed by atoms with van der Waals surface area (Å²) in [4.78, 5) is 1.64. The lowest BCUT2D eigenvalue weighted by Gasteiger charge is -2.19. The standard InChI is InChI=1S/C5H13NO2S/c1-6(4-8)5(9)2-3-7/h5,7-9H,2-4H2,1H3. The molecule has 56 valence electrons. The van der Waals surface area contributed by atoms with E-state index in [2.05, 4.69) is 12.6 Å². The zero-order valence-electron chi connectivity index (χ0n) is 5.49. The van der Waals surface area contributed by atoms with Crippen LogP contribution in [0.15, 0.2) is 0 Å². The van der Waals surface area contributed by atoms with Crippen molar-refractivity contribution >= 4 is 12.6 Å². The molecule has 0 saturated heterocycles. The van der Waals surface area contributed by atoms with Gasteiger partial charge >= 0.3 is 0 Å². The van der Waals surface area contributed by atoms with E-state index in [0.29, 0.717) is 6.42 Å². The fraction of sp³-hybridized carbons (Fsp3) is 1.00. The van der Waals surface area contributed by atoms with Crippen LogP contribution in [0.1, 0.15) is 6.42 Å². The second-order valence-electron chi connectivity index (χ2n) is 1.89. The number of nitrogens with zero attached hydrogens (tertiary/aromatic N) is 1. The molecule has 1 atom stereocenters. The quantitative estimate of drug-likeness (QED) is 0.375. The van der Waals surface area contributed by atoms with E-state index in [1.807, 2.05) is 0 Å². The largest absolute Gasteiger partial charge is 0.396 e. The minimum atomic E-state index is -0.0417. The molecule has 0 aromatic rings. The minimum Gasteiger partial charge on any atom is -0.396 e. The Hall–Kier alpha value is 0.230. The molecule has 0 saturated carbocycles. The fourth-order valence-electron chi connectivity index (χ4n) is 0.430. The molecule has 0 fully saturated rings. The molecule has 0 radical (unpaired) electrons. The molecular formula is C5H13NO2S. The Morgan fingerprint density at radius 2 is 2.11 bits per heavy atom. The van der Waals surface area contributed by atoms with E-state index in [1.165, 1.54) is 0 Å². The van der Waals surface area contributed by atoms with Gasteiger partial charge in [-0.1, -0.05) is 0 Å². The van der Waals surface area contributed by atoms with Gasteiger partial charge in [-0.15, -0.1) is 0 Å². The summed E-state index contributed by atoms with van der Waals surface area (Å²) in [6.45, 7) is 0.0900. The smallest absolute Gasteiger partial charge is 0.0962 e. The second-order valence-corrected chi connectivity index (χ2v) is 2.49. The van der Waals surface area contributed by atoms with Crippen molar-refractivity contribution in [1.29, 1.82) is 0 Å². The van der Waals surface area contributed by atoms with Crippen LogP contribution in [0.25, 0.3) is 0 Å². The fourth-order valence-corrected chi connectivity index (χ4v) is 0.619. The van der Waals surface area contributed by atoms with Crippen LogP contribution in [-0.2, 0) is 0 Å². The van der Waals surface area contributed by atoms with Gasteiger partial charge in [-0.05, 0) is 13.5 Å². The lowest BCUT2D eigenvalue weighted by atomic mass is 10.4. The first-order valence-electron chi connectivity index (χ1n) is 2.82. The van der Waals surface area contributed by atoms with Gasteiger partial charge in [-0.25, -0.2) is 0 Å². The molecule has 0 aromatic heterocycles. The SMILES string of the molecule is CN(CO)C(S)CCO. The molecule has 0 bridgehead atoms. The summed E-state index contributed by atoms with van der Waals surface area (Å²) in [7, 11) is 1.74. The Bertz CT molecular complexity index is 72.0. The van der Waals surface area contributed by atoms with Crippen LogP contribution in [0.5, 0.6) is 0 Å². The summed E-state index contributed by atoms with van der Waals surface area (Å²) in [6, 6.07) is 0. The van der Waals surface area contributed by atoms with Crippen molar-refractivity contribution in [2.24, 2.45) is 0 Å². The first-order valence-corrected chi connectivity index (χ1v) is 3.34. The molecule has 0 aliphatic heterocycles. The van der Waals surface area contributed by atoms with Gasteiger partial charge in [0.2, 0.25) is 0 Å². The van der Waals surface area contributed by atoms with Gasteiger partial charge in [-0.3, -0.25) is 4.90 Å². The minimum absolute atomic E-state index is 0.0197. The van der Waals surface area contributed by atoms with Crippen molar-refractivity contribution in [2.45, 2.75) is 11.8 Å². The highest BCUT2D eigenvalue weighted by Crippen LogP contribution is 2.03. The Balaban J connectivity index is 3.32. The van der Waals surface area contributed by atoms with E-state index < -0.39 is 0 Å². The van der Waals surface area contributed by atoms with Crippen molar-refractivity contribution < 1.29 is 10.2 Å². The molecule has 3 nitrogen and oxygen atoms in total. The number of rotatable bonds is 4. The van der Waals surface area contributed by atoms with Crippen LogP contribution in [0.2, 0.25) is 0 Å². The summed E-state index contributed by atoms with van der Waals surface area (Å²) in [6.07, 6.45) is 0.584. The monoisotopic (exact) mass is 151 g/mol. The average Bonchev–Trinajstić information content (AvgIpc) is 1.87. The first-order chi connectivity index (χ1) is 4.22. The van der Waals surface area contributed by atoms with Gasteiger partial charge in [0.15, 0.2) is 0 Å². The van der Waals surface area contributed by atoms with Gasteiger partial charge < -0.3 is 10.2 Å². The Kier molecular flexibility index (Phi) is 5.18. The highest BCUT2D eigenvalue weighted by Gasteiger charge is 2.05. The zero-order valence-corrected chi connectivity index (χ0v) is 6.38. The van der Waals surface area contributed by atoms with E-state index in [4.69, 9.17) is 10.2 Å². The Labute approximate surface area is 60.7 Å². The van der Waals surface area contributed by atoms with Crippen molar-refractivity contribution in [3.63, 3.8) is 0 Å². The van der Waals surface area contributed by atoms with E-state index in [-0.39, 0.29) is 18.7 Å². The highest BCUT2D eigenvalue weighted by molar-refractivity contribution is 7.80. The number of hydrogen-bond donors (Lipinski definition) is 3. The predicted octanol–water partition coefficient (Wildman–Crippen LogP) is -0.494. The lowest BCUT2D eigenvalue weighted by Crippen LogP contribution is -2.28. The molecule has 0 spiro atoms. The molecule has 0 amide bonds. The number of thiol groups is 1. The number of hydrogen-bond acceptors (Lipinski definition) is 4. The van der Waals surface area contributed by atoms with Gasteiger partial charge in [-0.2, -0.15) is 12.6 Å². The van der Waals surface area contributed by atoms with E-state index in [0.717, 1.165) is 0 Å². The molecule has 0 heterocycles. The molecule has 9 heavy (non-hydrogen) atoms. The summed E-state index contributed by atoms with van der Waals surface area (Å²) < 4.78 is 0. The second kappa shape index (κ2) is 5.05. The van der Waals surface area contributed by atoms with Crippen molar-refractivity contribution in [3.05, 3.63) is 0 Å². The average molecular weight is 151 g/mol. The molecular weight excluding hydrogens is 138 g/mol. The lowest BCUT2D eigenvalue weighted by molar-refractivity contribution is 0.113. The van der Waals surface area contributed by atoms with Crippen LogP contribution < -0.4 is 0 Å². The maximum Gasteiger partial charge on any atom is 0.0962 e. The molecule has 0 rings (SSSR count). The first kappa shape index (κ1) is 9.23. The topological polar surface area (TPSA) is 43.7 Å². The van der Waals surface area contributed by atoms with E-state index in [1.54, 1.807) is 11.9 Å². The van der Waals surface area contributed by atoms with Crippen LogP contribution in [0, 0.1) is 0 Å². The number of aliphatic hydroxyl groups is 2. The maximum absolute atomic E-state index is 8.53. The molecule has 1 unspecified atom stereocenters. The molecule has 4 heteroatoms. The normalized spacial score (nSPS) is 14.3. The molecule has 2 N–H and O–H groups in total. The van der Waals surface area contributed by atoms with Crippen molar-refractivity contribution in [1.82, 2.24) is 4.90 Å². The third kappa shape index (κ3) is 3.75. The van der Waals surface area contributed by atoms with Gasteiger partial charge in [0.1, 0.15) is 0 Å². The van der Waals surface area contributed by atoms with E-state index >= 15 is 0 Å². The summed E-state index contributed by atoms with van der Waals surface area (Å²) >= 11 is 4.09. The number of aliphatic hydroxyl groups excluding tert-OH is 2. The Morgan fingerprint density at radius 1 is 1.56 bits per heavy atom. The molecule has 0 aromatic carbocycles. The van der Waals surface area contributed by atoms with Gasteiger partial charge in [0, 0.05) is 6.61 Å². The zero-order chi connectivity index (χ0) is 7.28. The third-order valence-electron chi connectivity index (χ3n) is 1.12. The van der Waals surface area contributed by atoms with Crippen LogP contribution in [0.4, 0.5) is 0 Å². The van der Waals surface area contributed by atoms with Gasteiger partial charge in [0.25, 0.3) is 0 Å². The molecule has 0 aliphatic carbocycles. The van der Waals surface area contributed by atoms with Gasteiger partial charge in [0.05, 0.1) is 12.1 Å². The summed E-state index contributed by atoms with van der Waals surface area (Å²) in [5.41, 5.74) is 0. The maximum atomic E-state index is 8.53. The van der Waals surface area contributed by atoms with Crippen molar-refractivity contribution in [2.75, 3.05) is 20.4 Å². The summed E-state index contributed by atoms with van der Waals surface area (Å²) in [5, 5.41) is 16.9. The Morgan fingerprint density at radius 3 is 2.44 bits per heavy atom. The van der Waals surface area contributed by atoms with Crippen molar-refractivity contribution in [3.8, 4) is 0 Å². The van der Waals surface area contributed by atoms with E-state index in [9.17, 15) is 0 Å².